The van der Waals surface area contributed by atoms with Crippen LogP contribution in [-0.4, -0.2) is 13.7 Å². The molecule has 0 radical (unpaired) electrons. The van der Waals surface area contributed by atoms with Gasteiger partial charge in [-0.2, -0.15) is 0 Å². The largest absolute Gasteiger partial charge is 0.317 e. The van der Waals surface area contributed by atoms with Crippen LogP contribution in [0.1, 0.15) is 0 Å². The third-order valence-electron chi connectivity index (χ3n) is 9.46. The Hall–Kier alpha value is -6.06. The molecule has 0 aliphatic heterocycles. The quantitative estimate of drug-likeness (QED) is 0.200. The first kappa shape index (κ1) is 24.4. The molecule has 0 fully saturated rings. The standard InChI is InChI=1S/C42H27N3/c1-3-11-28(12-4-1)44-39-17-9-8-16-33(39)37-27-30(19-23-41(37)44)43-26-25-34-31-20-21-36-32-15-7-10-18-40(32)45(29-13-5-2-6-14-29)42(36)35(31)22-24-38(34)43/h1-27H. The molecule has 0 amide bonds. The third-order valence-corrected chi connectivity index (χ3v) is 9.46. The van der Waals surface area contributed by atoms with Gasteiger partial charge in [0.1, 0.15) is 0 Å². The van der Waals surface area contributed by atoms with E-state index in [0.717, 1.165) is 5.69 Å². The third kappa shape index (κ3) is 3.41. The van der Waals surface area contributed by atoms with E-state index < -0.39 is 0 Å². The predicted octanol–water partition coefficient (Wildman–Crippen LogP) is 11.0. The summed E-state index contributed by atoms with van der Waals surface area (Å²) in [6, 6.07) is 57.2. The van der Waals surface area contributed by atoms with Crippen LogP contribution < -0.4 is 0 Å². The monoisotopic (exact) mass is 573 g/mol. The van der Waals surface area contributed by atoms with Gasteiger partial charge in [0.05, 0.1) is 27.6 Å². The predicted molar refractivity (Wildman–Crippen MR) is 189 cm³/mol. The van der Waals surface area contributed by atoms with Gasteiger partial charge in [0.25, 0.3) is 0 Å². The maximum atomic E-state index is 2.42. The van der Waals surface area contributed by atoms with Crippen molar-refractivity contribution in [3.05, 3.63) is 164 Å². The van der Waals surface area contributed by atoms with Crippen molar-refractivity contribution < 1.29 is 0 Å². The lowest BCUT2D eigenvalue weighted by molar-refractivity contribution is 1.13. The van der Waals surface area contributed by atoms with E-state index in [2.05, 4.69) is 178 Å². The molecule has 3 aromatic heterocycles. The Morgan fingerprint density at radius 1 is 0.289 bits per heavy atom. The van der Waals surface area contributed by atoms with Gasteiger partial charge in [-0.1, -0.05) is 91.0 Å². The number of aromatic nitrogens is 3. The Kier molecular flexibility index (Phi) is 5.00. The van der Waals surface area contributed by atoms with Crippen LogP contribution in [0.25, 0.3) is 82.3 Å². The lowest BCUT2D eigenvalue weighted by atomic mass is 10.0. The fourth-order valence-corrected chi connectivity index (χ4v) is 7.53. The minimum absolute atomic E-state index is 1.16. The van der Waals surface area contributed by atoms with Crippen molar-refractivity contribution in [3.63, 3.8) is 0 Å². The Balaban J connectivity index is 1.21. The average Bonchev–Trinajstić information content (AvgIpc) is 3.79. The van der Waals surface area contributed by atoms with Crippen LogP contribution in [0, 0.1) is 0 Å². The molecule has 0 spiro atoms. The molecule has 0 bridgehead atoms. The van der Waals surface area contributed by atoms with Gasteiger partial charge in [0.15, 0.2) is 0 Å². The summed E-state index contributed by atoms with van der Waals surface area (Å²) in [5, 5.41) is 8.85. The molecule has 3 heteroatoms. The first-order valence-corrected chi connectivity index (χ1v) is 15.5. The Labute approximate surface area is 259 Å². The molecule has 3 nitrogen and oxygen atoms in total. The summed E-state index contributed by atoms with van der Waals surface area (Å²) in [6.45, 7) is 0. The van der Waals surface area contributed by atoms with Crippen molar-refractivity contribution >= 4 is 65.3 Å². The van der Waals surface area contributed by atoms with Gasteiger partial charge < -0.3 is 13.7 Å². The molecule has 10 rings (SSSR count). The van der Waals surface area contributed by atoms with Crippen LogP contribution in [0.2, 0.25) is 0 Å². The average molecular weight is 574 g/mol. The minimum Gasteiger partial charge on any atom is -0.317 e. The first-order chi connectivity index (χ1) is 22.3. The number of para-hydroxylation sites is 4. The van der Waals surface area contributed by atoms with Gasteiger partial charge in [-0.05, 0) is 72.1 Å². The summed E-state index contributed by atoms with van der Waals surface area (Å²) >= 11 is 0. The lowest BCUT2D eigenvalue weighted by Crippen LogP contribution is -1.95. The summed E-state index contributed by atoms with van der Waals surface area (Å²) in [7, 11) is 0. The molecule has 0 atom stereocenters. The van der Waals surface area contributed by atoms with Crippen molar-refractivity contribution in [1.82, 2.24) is 13.7 Å². The number of rotatable bonds is 3. The van der Waals surface area contributed by atoms with Crippen LogP contribution in [0.15, 0.2) is 164 Å². The van der Waals surface area contributed by atoms with E-state index in [9.17, 15) is 0 Å². The maximum Gasteiger partial charge on any atom is 0.0619 e. The van der Waals surface area contributed by atoms with E-state index in [1.807, 2.05) is 0 Å². The molecule has 3 heterocycles. The van der Waals surface area contributed by atoms with E-state index in [4.69, 9.17) is 0 Å². The second-order valence-electron chi connectivity index (χ2n) is 11.8. The van der Waals surface area contributed by atoms with Gasteiger partial charge >= 0.3 is 0 Å². The Morgan fingerprint density at radius 3 is 1.56 bits per heavy atom. The molecule has 0 N–H and O–H groups in total. The van der Waals surface area contributed by atoms with Crippen molar-refractivity contribution in [2.45, 2.75) is 0 Å². The Bertz CT molecular complexity index is 2740. The SMILES string of the molecule is c1ccc(-n2c3ccccc3c3cc(-n4ccc5c6ccc7c8ccccc8n(-c8ccccc8)c7c6ccc54)ccc32)cc1. The van der Waals surface area contributed by atoms with E-state index in [1.165, 1.54) is 76.7 Å². The molecule has 0 saturated carbocycles. The highest BCUT2D eigenvalue weighted by atomic mass is 15.0. The van der Waals surface area contributed by atoms with Crippen molar-refractivity contribution in [1.29, 1.82) is 0 Å². The molecule has 0 unspecified atom stereocenters. The summed E-state index contributed by atoms with van der Waals surface area (Å²) in [5.74, 6) is 0. The zero-order valence-electron chi connectivity index (χ0n) is 24.4. The van der Waals surface area contributed by atoms with Gasteiger partial charge in [-0.15, -0.1) is 0 Å². The van der Waals surface area contributed by atoms with Gasteiger partial charge in [-0.25, -0.2) is 0 Å². The Morgan fingerprint density at radius 2 is 0.800 bits per heavy atom. The molecule has 0 aliphatic carbocycles. The number of hydrogen-bond donors (Lipinski definition) is 0. The fourth-order valence-electron chi connectivity index (χ4n) is 7.53. The van der Waals surface area contributed by atoms with Gasteiger partial charge in [0, 0.05) is 55.6 Å². The lowest BCUT2D eigenvalue weighted by Gasteiger charge is -2.11. The molecule has 7 aromatic carbocycles. The summed E-state index contributed by atoms with van der Waals surface area (Å²) in [5.41, 5.74) is 9.63. The molecular formula is C42H27N3. The summed E-state index contributed by atoms with van der Waals surface area (Å²) in [4.78, 5) is 0. The highest BCUT2D eigenvalue weighted by molar-refractivity contribution is 6.23. The van der Waals surface area contributed by atoms with Crippen LogP contribution in [-0.2, 0) is 0 Å². The van der Waals surface area contributed by atoms with Gasteiger partial charge in [0.2, 0.25) is 0 Å². The molecule has 0 aliphatic rings. The molecule has 210 valence electrons. The highest BCUT2D eigenvalue weighted by Gasteiger charge is 2.18. The van der Waals surface area contributed by atoms with Crippen molar-refractivity contribution in [2.24, 2.45) is 0 Å². The zero-order valence-corrected chi connectivity index (χ0v) is 24.4. The smallest absolute Gasteiger partial charge is 0.0619 e. The summed E-state index contributed by atoms with van der Waals surface area (Å²) < 4.78 is 7.12. The molecule has 0 saturated heterocycles. The number of hydrogen-bond acceptors (Lipinski definition) is 0. The number of benzene rings is 7. The summed E-state index contributed by atoms with van der Waals surface area (Å²) in [6.07, 6.45) is 2.22. The molecule has 45 heavy (non-hydrogen) atoms. The van der Waals surface area contributed by atoms with Crippen LogP contribution in [0.4, 0.5) is 0 Å². The molecular weight excluding hydrogens is 546 g/mol. The zero-order chi connectivity index (χ0) is 29.5. The minimum atomic E-state index is 1.16. The van der Waals surface area contributed by atoms with Crippen molar-refractivity contribution in [3.8, 4) is 17.1 Å². The van der Waals surface area contributed by atoms with Crippen molar-refractivity contribution in [2.75, 3.05) is 0 Å². The maximum absolute atomic E-state index is 2.42. The topological polar surface area (TPSA) is 14.8 Å². The molecule has 10 aromatic rings. The number of fused-ring (bicyclic) bond motifs is 10. The van der Waals surface area contributed by atoms with Crippen LogP contribution in [0.3, 0.4) is 0 Å². The van der Waals surface area contributed by atoms with E-state index in [-0.39, 0.29) is 0 Å². The fraction of sp³-hybridized carbons (Fsp3) is 0. The van der Waals surface area contributed by atoms with E-state index >= 15 is 0 Å². The first-order valence-electron chi connectivity index (χ1n) is 15.5. The second kappa shape index (κ2) is 9.22. The van der Waals surface area contributed by atoms with Gasteiger partial charge in [-0.3, -0.25) is 0 Å². The normalized spacial score (nSPS) is 12.0. The van der Waals surface area contributed by atoms with E-state index in [0.29, 0.717) is 0 Å². The number of nitrogens with zero attached hydrogens (tertiary/aromatic N) is 3. The second-order valence-corrected chi connectivity index (χ2v) is 11.8. The highest BCUT2D eigenvalue weighted by Crippen LogP contribution is 2.40. The van der Waals surface area contributed by atoms with E-state index in [1.54, 1.807) is 0 Å². The van der Waals surface area contributed by atoms with Crippen LogP contribution >= 0.6 is 0 Å². The van der Waals surface area contributed by atoms with Crippen LogP contribution in [0.5, 0.6) is 0 Å².